The summed E-state index contributed by atoms with van der Waals surface area (Å²) in [6.07, 6.45) is -1.06. The molecular formula is C12H11ClF3N3. The zero-order valence-corrected chi connectivity index (χ0v) is 10.6. The Kier molecular flexibility index (Phi) is 3.30. The van der Waals surface area contributed by atoms with E-state index in [0.717, 1.165) is 18.9 Å². The van der Waals surface area contributed by atoms with Gasteiger partial charge in [-0.3, -0.25) is 4.98 Å². The Morgan fingerprint density at radius 3 is 2.47 bits per heavy atom. The standard InChI is InChI=1S/C12H10F3N3.ClH/c13-12(14,15)9-4-3-8-11(18-9)10(6-1-2-6)7(16)5-17-8;/h3-6H,1-2,16H2;1H. The van der Waals surface area contributed by atoms with E-state index in [1.54, 1.807) is 0 Å². The molecule has 2 aromatic rings. The van der Waals surface area contributed by atoms with Crippen molar-refractivity contribution in [2.75, 3.05) is 5.73 Å². The minimum atomic E-state index is -4.44. The monoisotopic (exact) mass is 289 g/mol. The fraction of sp³-hybridized carbons (Fsp3) is 0.333. The quantitative estimate of drug-likeness (QED) is 0.874. The first-order valence-corrected chi connectivity index (χ1v) is 5.59. The molecule has 2 heterocycles. The SMILES string of the molecule is Cl.Nc1cnc2ccc(C(F)(F)F)nc2c1C1CC1. The fourth-order valence-corrected chi connectivity index (χ4v) is 2.06. The van der Waals surface area contributed by atoms with Crippen molar-refractivity contribution in [2.24, 2.45) is 0 Å². The van der Waals surface area contributed by atoms with Gasteiger partial charge in [0.25, 0.3) is 0 Å². The molecule has 1 saturated carbocycles. The number of fused-ring (bicyclic) bond motifs is 1. The van der Waals surface area contributed by atoms with Crippen LogP contribution in [0.5, 0.6) is 0 Å². The van der Waals surface area contributed by atoms with Crippen LogP contribution in [0.4, 0.5) is 18.9 Å². The Balaban J connectivity index is 0.00000133. The Hall–Kier alpha value is -1.56. The molecule has 0 amide bonds. The highest BCUT2D eigenvalue weighted by molar-refractivity contribution is 5.85. The van der Waals surface area contributed by atoms with Crippen LogP contribution in [-0.4, -0.2) is 9.97 Å². The van der Waals surface area contributed by atoms with Crippen LogP contribution in [0.2, 0.25) is 0 Å². The number of pyridine rings is 2. The summed E-state index contributed by atoms with van der Waals surface area (Å²) < 4.78 is 38.0. The lowest BCUT2D eigenvalue weighted by Crippen LogP contribution is -2.09. The van der Waals surface area contributed by atoms with Crippen molar-refractivity contribution in [1.29, 1.82) is 0 Å². The summed E-state index contributed by atoms with van der Waals surface area (Å²) in [7, 11) is 0. The number of nitrogen functional groups attached to an aromatic ring is 1. The molecule has 3 rings (SSSR count). The van der Waals surface area contributed by atoms with Gasteiger partial charge >= 0.3 is 6.18 Å². The van der Waals surface area contributed by atoms with Crippen LogP contribution in [0.3, 0.4) is 0 Å². The van der Waals surface area contributed by atoms with E-state index in [1.165, 1.54) is 12.3 Å². The minimum Gasteiger partial charge on any atom is -0.397 e. The third-order valence-electron chi connectivity index (χ3n) is 3.06. The lowest BCUT2D eigenvalue weighted by molar-refractivity contribution is -0.140. The molecule has 0 aromatic carbocycles. The maximum absolute atomic E-state index is 12.7. The van der Waals surface area contributed by atoms with E-state index in [0.29, 0.717) is 16.8 Å². The third kappa shape index (κ3) is 2.45. The van der Waals surface area contributed by atoms with Gasteiger partial charge in [0.15, 0.2) is 0 Å². The zero-order valence-electron chi connectivity index (χ0n) is 9.74. The third-order valence-corrected chi connectivity index (χ3v) is 3.06. The van der Waals surface area contributed by atoms with Crippen LogP contribution < -0.4 is 5.73 Å². The highest BCUT2D eigenvalue weighted by atomic mass is 35.5. The van der Waals surface area contributed by atoms with Crippen LogP contribution >= 0.6 is 12.4 Å². The summed E-state index contributed by atoms with van der Waals surface area (Å²) in [4.78, 5) is 7.72. The topological polar surface area (TPSA) is 51.8 Å². The lowest BCUT2D eigenvalue weighted by Gasteiger charge is -2.10. The second-order valence-corrected chi connectivity index (χ2v) is 4.46. The van der Waals surface area contributed by atoms with E-state index < -0.39 is 11.9 Å². The first kappa shape index (κ1) is 13.9. The van der Waals surface area contributed by atoms with Gasteiger partial charge in [-0.25, -0.2) is 4.98 Å². The lowest BCUT2D eigenvalue weighted by atomic mass is 10.1. The van der Waals surface area contributed by atoms with Gasteiger partial charge in [0.1, 0.15) is 5.69 Å². The summed E-state index contributed by atoms with van der Waals surface area (Å²) in [6, 6.07) is 2.29. The molecule has 0 spiro atoms. The summed E-state index contributed by atoms with van der Waals surface area (Å²) in [5, 5.41) is 0. The molecule has 19 heavy (non-hydrogen) atoms. The highest BCUT2D eigenvalue weighted by Crippen LogP contribution is 2.45. The summed E-state index contributed by atoms with van der Waals surface area (Å²) in [5.74, 6) is 0.228. The molecule has 102 valence electrons. The van der Waals surface area contributed by atoms with Crippen molar-refractivity contribution in [2.45, 2.75) is 24.9 Å². The van der Waals surface area contributed by atoms with Crippen LogP contribution in [0, 0.1) is 0 Å². The zero-order chi connectivity index (χ0) is 12.9. The minimum absolute atomic E-state index is 0. The molecule has 1 fully saturated rings. The molecule has 0 saturated heterocycles. The summed E-state index contributed by atoms with van der Waals surface area (Å²) in [6.45, 7) is 0. The van der Waals surface area contributed by atoms with Gasteiger partial charge < -0.3 is 5.73 Å². The van der Waals surface area contributed by atoms with Crippen LogP contribution in [0.1, 0.15) is 30.0 Å². The van der Waals surface area contributed by atoms with Crippen LogP contribution in [0.25, 0.3) is 11.0 Å². The Labute approximate surface area is 113 Å². The highest BCUT2D eigenvalue weighted by Gasteiger charge is 2.34. The number of nitrogens with two attached hydrogens (primary N) is 1. The van der Waals surface area contributed by atoms with E-state index in [1.807, 2.05) is 0 Å². The van der Waals surface area contributed by atoms with Crippen LogP contribution in [0.15, 0.2) is 18.3 Å². The average Bonchev–Trinajstić information content (AvgIpc) is 3.11. The number of alkyl halides is 3. The predicted molar refractivity (Wildman–Crippen MR) is 68.2 cm³/mol. The second-order valence-electron chi connectivity index (χ2n) is 4.46. The van der Waals surface area contributed by atoms with Crippen molar-refractivity contribution in [3.8, 4) is 0 Å². The molecule has 1 aliphatic rings. The van der Waals surface area contributed by atoms with Gasteiger partial charge in [0.05, 0.1) is 22.9 Å². The molecule has 0 atom stereocenters. The maximum Gasteiger partial charge on any atom is 0.433 e. The Bertz CT molecular complexity index is 623. The number of hydrogen-bond donors (Lipinski definition) is 1. The van der Waals surface area contributed by atoms with E-state index in [-0.39, 0.29) is 23.8 Å². The predicted octanol–water partition coefficient (Wildman–Crippen LogP) is 3.53. The maximum atomic E-state index is 12.7. The molecule has 7 heteroatoms. The second kappa shape index (κ2) is 4.52. The van der Waals surface area contributed by atoms with Crippen molar-refractivity contribution in [3.05, 3.63) is 29.6 Å². The fourth-order valence-electron chi connectivity index (χ4n) is 2.06. The smallest absolute Gasteiger partial charge is 0.397 e. The van der Waals surface area contributed by atoms with Crippen molar-refractivity contribution < 1.29 is 13.2 Å². The van der Waals surface area contributed by atoms with Crippen molar-refractivity contribution in [3.63, 3.8) is 0 Å². The van der Waals surface area contributed by atoms with E-state index in [4.69, 9.17) is 5.73 Å². The van der Waals surface area contributed by atoms with Gasteiger partial charge in [-0.2, -0.15) is 13.2 Å². The molecule has 0 bridgehead atoms. The summed E-state index contributed by atoms with van der Waals surface area (Å²) >= 11 is 0. The summed E-state index contributed by atoms with van der Waals surface area (Å²) in [5.41, 5.74) is 6.79. The molecule has 0 aliphatic heterocycles. The largest absolute Gasteiger partial charge is 0.433 e. The molecule has 1 aliphatic carbocycles. The van der Waals surface area contributed by atoms with Gasteiger partial charge in [-0.15, -0.1) is 12.4 Å². The first-order valence-electron chi connectivity index (χ1n) is 5.59. The van der Waals surface area contributed by atoms with Crippen molar-refractivity contribution >= 4 is 29.1 Å². The number of halogens is 4. The molecule has 2 aromatic heterocycles. The number of aromatic nitrogens is 2. The van der Waals surface area contributed by atoms with E-state index in [2.05, 4.69) is 9.97 Å². The Morgan fingerprint density at radius 1 is 1.21 bits per heavy atom. The normalized spacial score (nSPS) is 15.3. The van der Waals surface area contributed by atoms with Gasteiger partial charge in [0.2, 0.25) is 0 Å². The van der Waals surface area contributed by atoms with Gasteiger partial charge in [-0.05, 0) is 30.9 Å². The van der Waals surface area contributed by atoms with E-state index >= 15 is 0 Å². The first-order chi connectivity index (χ1) is 8.47. The number of rotatable bonds is 1. The molecule has 2 N–H and O–H groups in total. The molecule has 3 nitrogen and oxygen atoms in total. The van der Waals surface area contributed by atoms with E-state index in [9.17, 15) is 13.2 Å². The number of nitrogens with zero attached hydrogens (tertiary/aromatic N) is 2. The van der Waals surface area contributed by atoms with Gasteiger partial charge in [0, 0.05) is 5.56 Å². The number of hydrogen-bond acceptors (Lipinski definition) is 3. The molecule has 0 unspecified atom stereocenters. The van der Waals surface area contributed by atoms with Crippen molar-refractivity contribution in [1.82, 2.24) is 9.97 Å². The van der Waals surface area contributed by atoms with Crippen LogP contribution in [-0.2, 0) is 6.18 Å². The Morgan fingerprint density at radius 2 is 1.89 bits per heavy atom. The molecule has 0 radical (unpaired) electrons. The average molecular weight is 290 g/mol. The number of anilines is 1. The van der Waals surface area contributed by atoms with Gasteiger partial charge in [-0.1, -0.05) is 0 Å². The molecular weight excluding hydrogens is 279 g/mol.